The van der Waals surface area contributed by atoms with Crippen LogP contribution in [0.2, 0.25) is 0 Å². The topological polar surface area (TPSA) is 100 Å². The van der Waals surface area contributed by atoms with Gasteiger partial charge in [0.2, 0.25) is 5.91 Å². The Kier molecular flexibility index (Phi) is 5.57. The second-order valence-electron chi connectivity index (χ2n) is 6.76. The molecule has 1 aliphatic rings. The van der Waals surface area contributed by atoms with Crippen LogP contribution in [-0.4, -0.2) is 34.9 Å². The van der Waals surface area contributed by atoms with E-state index in [9.17, 15) is 9.59 Å². The third kappa shape index (κ3) is 4.62. The lowest BCUT2D eigenvalue weighted by atomic mass is 10.3. The van der Waals surface area contributed by atoms with Crippen molar-refractivity contribution in [2.24, 2.45) is 0 Å². The average Bonchev–Trinajstić information content (AvgIpc) is 3.47. The molecule has 0 saturated carbocycles. The zero-order valence-corrected chi connectivity index (χ0v) is 16.8. The lowest BCUT2D eigenvalue weighted by Crippen LogP contribution is -2.19. The van der Waals surface area contributed by atoms with Crippen molar-refractivity contribution in [3.8, 4) is 11.5 Å². The molecule has 0 spiro atoms. The van der Waals surface area contributed by atoms with Crippen molar-refractivity contribution in [3.05, 3.63) is 47.3 Å². The van der Waals surface area contributed by atoms with E-state index in [1.807, 2.05) is 17.5 Å². The molecule has 2 N–H and O–H groups in total. The summed E-state index contributed by atoms with van der Waals surface area (Å²) in [5.41, 5.74) is 2.00. The second-order valence-corrected chi connectivity index (χ2v) is 7.62. The molecule has 4 rings (SSSR count). The molecule has 9 heteroatoms. The second kappa shape index (κ2) is 8.44. The molecule has 0 atom stereocenters. The van der Waals surface area contributed by atoms with Gasteiger partial charge in [-0.25, -0.2) is 4.98 Å². The van der Waals surface area contributed by atoms with Crippen LogP contribution in [0, 0.1) is 0 Å². The van der Waals surface area contributed by atoms with Gasteiger partial charge < -0.3 is 14.6 Å². The average molecular weight is 411 g/mol. The van der Waals surface area contributed by atoms with Gasteiger partial charge in [0.05, 0.1) is 6.54 Å². The van der Waals surface area contributed by atoms with Crippen molar-refractivity contribution < 1.29 is 14.0 Å². The first-order valence-electron chi connectivity index (χ1n) is 9.40. The summed E-state index contributed by atoms with van der Waals surface area (Å²) in [6, 6.07) is 7.32. The van der Waals surface area contributed by atoms with Gasteiger partial charge in [0, 0.05) is 37.3 Å². The van der Waals surface area contributed by atoms with E-state index in [0.29, 0.717) is 34.6 Å². The SMILES string of the molecule is CC(=O)NCc1ccc(-c2csc(NC(=O)c3cc(N4CCCC4)ccn3)n2)o1. The summed E-state index contributed by atoms with van der Waals surface area (Å²) in [6.07, 6.45) is 4.01. The van der Waals surface area contributed by atoms with Gasteiger partial charge in [0.1, 0.15) is 17.1 Å². The Morgan fingerprint density at radius 1 is 1.24 bits per heavy atom. The highest BCUT2D eigenvalue weighted by molar-refractivity contribution is 7.14. The van der Waals surface area contributed by atoms with E-state index in [4.69, 9.17) is 4.42 Å². The van der Waals surface area contributed by atoms with Crippen LogP contribution in [-0.2, 0) is 11.3 Å². The zero-order chi connectivity index (χ0) is 20.2. The van der Waals surface area contributed by atoms with Gasteiger partial charge in [-0.1, -0.05) is 0 Å². The number of amides is 2. The van der Waals surface area contributed by atoms with Crippen LogP contribution >= 0.6 is 11.3 Å². The van der Waals surface area contributed by atoms with Crippen LogP contribution in [0.25, 0.3) is 11.5 Å². The maximum absolute atomic E-state index is 12.6. The Bertz CT molecular complexity index is 1020. The van der Waals surface area contributed by atoms with Gasteiger partial charge in [-0.05, 0) is 37.1 Å². The normalized spacial score (nSPS) is 13.5. The molecule has 2 amide bonds. The fourth-order valence-corrected chi connectivity index (χ4v) is 3.84. The monoisotopic (exact) mass is 411 g/mol. The molecule has 0 radical (unpaired) electrons. The van der Waals surface area contributed by atoms with Crippen molar-refractivity contribution in [2.45, 2.75) is 26.3 Å². The highest BCUT2D eigenvalue weighted by atomic mass is 32.1. The molecule has 1 fully saturated rings. The van der Waals surface area contributed by atoms with Crippen molar-refractivity contribution in [2.75, 3.05) is 23.3 Å². The number of nitrogens with zero attached hydrogens (tertiary/aromatic N) is 3. The molecule has 1 saturated heterocycles. The van der Waals surface area contributed by atoms with Crippen LogP contribution < -0.4 is 15.5 Å². The minimum absolute atomic E-state index is 0.121. The molecule has 8 nitrogen and oxygen atoms in total. The third-order valence-corrected chi connectivity index (χ3v) is 5.36. The number of pyridine rings is 1. The van der Waals surface area contributed by atoms with Gasteiger partial charge in [-0.15, -0.1) is 11.3 Å². The van der Waals surface area contributed by atoms with Crippen LogP contribution in [0.3, 0.4) is 0 Å². The van der Waals surface area contributed by atoms with Crippen LogP contribution in [0.15, 0.2) is 40.3 Å². The van der Waals surface area contributed by atoms with Crippen molar-refractivity contribution in [3.63, 3.8) is 0 Å². The lowest BCUT2D eigenvalue weighted by molar-refractivity contribution is -0.119. The van der Waals surface area contributed by atoms with Crippen LogP contribution in [0.1, 0.15) is 36.0 Å². The van der Waals surface area contributed by atoms with Crippen molar-refractivity contribution in [1.29, 1.82) is 0 Å². The first kappa shape index (κ1) is 19.1. The Morgan fingerprint density at radius 3 is 2.86 bits per heavy atom. The molecule has 3 aromatic rings. The van der Waals surface area contributed by atoms with E-state index in [0.717, 1.165) is 18.8 Å². The van der Waals surface area contributed by atoms with Crippen LogP contribution in [0.4, 0.5) is 10.8 Å². The molecule has 150 valence electrons. The Hall–Kier alpha value is -3.20. The fraction of sp³-hybridized carbons (Fsp3) is 0.300. The van der Waals surface area contributed by atoms with Gasteiger partial charge in [-0.2, -0.15) is 0 Å². The maximum atomic E-state index is 12.6. The molecule has 0 unspecified atom stereocenters. The van der Waals surface area contributed by atoms with E-state index in [1.54, 1.807) is 18.3 Å². The molecule has 29 heavy (non-hydrogen) atoms. The fourth-order valence-electron chi connectivity index (χ4n) is 3.14. The molecule has 0 aliphatic carbocycles. The highest BCUT2D eigenvalue weighted by Crippen LogP contribution is 2.27. The number of rotatable bonds is 6. The molecule has 1 aliphatic heterocycles. The summed E-state index contributed by atoms with van der Waals surface area (Å²) in [5, 5.41) is 7.77. The number of hydrogen-bond donors (Lipinski definition) is 2. The Morgan fingerprint density at radius 2 is 2.07 bits per heavy atom. The van der Waals surface area contributed by atoms with E-state index in [-0.39, 0.29) is 11.8 Å². The minimum atomic E-state index is -0.294. The molecular formula is C20H21N5O3S. The zero-order valence-electron chi connectivity index (χ0n) is 16.0. The smallest absolute Gasteiger partial charge is 0.276 e. The number of aromatic nitrogens is 2. The number of thiazole rings is 1. The van der Waals surface area contributed by atoms with Gasteiger partial charge in [0.25, 0.3) is 5.91 Å². The minimum Gasteiger partial charge on any atom is -0.458 e. The Balaban J connectivity index is 1.42. The van der Waals surface area contributed by atoms with E-state index in [1.165, 1.54) is 31.1 Å². The third-order valence-electron chi connectivity index (χ3n) is 4.60. The van der Waals surface area contributed by atoms with Gasteiger partial charge in [0.15, 0.2) is 10.9 Å². The summed E-state index contributed by atoms with van der Waals surface area (Å²) in [7, 11) is 0. The maximum Gasteiger partial charge on any atom is 0.276 e. The van der Waals surface area contributed by atoms with E-state index in [2.05, 4.69) is 25.5 Å². The number of furan rings is 1. The number of nitrogens with one attached hydrogen (secondary N) is 2. The molecule has 0 bridgehead atoms. The molecule has 4 heterocycles. The molecule has 0 aromatic carbocycles. The van der Waals surface area contributed by atoms with Gasteiger partial charge in [-0.3, -0.25) is 19.9 Å². The summed E-state index contributed by atoms with van der Waals surface area (Å²) in [6.45, 7) is 3.79. The number of carbonyl (C=O) groups is 2. The van der Waals surface area contributed by atoms with Crippen LogP contribution in [0.5, 0.6) is 0 Å². The lowest BCUT2D eigenvalue weighted by Gasteiger charge is -2.17. The molecular weight excluding hydrogens is 390 g/mol. The predicted octanol–water partition coefficient (Wildman–Crippen LogP) is 3.29. The summed E-state index contributed by atoms with van der Waals surface area (Å²) < 4.78 is 5.69. The number of anilines is 2. The predicted molar refractivity (Wildman–Crippen MR) is 111 cm³/mol. The van der Waals surface area contributed by atoms with E-state index < -0.39 is 0 Å². The highest BCUT2D eigenvalue weighted by Gasteiger charge is 2.17. The standard InChI is InChI=1S/C20H21N5O3S/c1-13(26)22-11-15-4-5-18(28-15)17-12-29-20(23-17)24-19(27)16-10-14(6-7-21-16)25-8-2-3-9-25/h4-7,10,12H,2-3,8-9,11H2,1H3,(H,22,26)(H,23,24,27). The quantitative estimate of drug-likeness (QED) is 0.646. The summed E-state index contributed by atoms with van der Waals surface area (Å²) in [5.74, 6) is 0.801. The van der Waals surface area contributed by atoms with E-state index >= 15 is 0 Å². The first-order chi connectivity index (χ1) is 14.1. The van der Waals surface area contributed by atoms with Crippen molar-refractivity contribution in [1.82, 2.24) is 15.3 Å². The Labute approximate surface area is 172 Å². The number of hydrogen-bond acceptors (Lipinski definition) is 7. The first-order valence-corrected chi connectivity index (χ1v) is 10.3. The largest absolute Gasteiger partial charge is 0.458 e. The molecule has 3 aromatic heterocycles. The van der Waals surface area contributed by atoms with Crippen molar-refractivity contribution >= 4 is 34.0 Å². The number of carbonyl (C=O) groups excluding carboxylic acids is 2. The summed E-state index contributed by atoms with van der Waals surface area (Å²) >= 11 is 1.31. The summed E-state index contributed by atoms with van der Waals surface area (Å²) in [4.78, 5) is 34.5. The van der Waals surface area contributed by atoms with Gasteiger partial charge >= 0.3 is 0 Å².